The second kappa shape index (κ2) is 7.85. The zero-order valence-corrected chi connectivity index (χ0v) is 15.9. The Kier molecular flexibility index (Phi) is 5.55. The van der Waals surface area contributed by atoms with Gasteiger partial charge in [-0.25, -0.2) is 9.79 Å². The molecule has 134 valence electrons. The zero-order chi connectivity index (χ0) is 18.7. The standard InChI is InChI=1S/C16H13N3O4S3/c1-2-23-15(22)11-9(10-4-3-5-25-10)7-26-14(11)17-6-8-12(20)18-16(24)19-13(8)21/h3-8H,2H2,1H3,(H2,18,19,20,21,24). The molecule has 1 fully saturated rings. The number of nitrogens with zero attached hydrogens (tertiary/aromatic N) is 1. The van der Waals surface area contributed by atoms with Crippen molar-refractivity contribution in [1.82, 2.24) is 10.6 Å². The third-order valence-electron chi connectivity index (χ3n) is 3.42. The highest BCUT2D eigenvalue weighted by molar-refractivity contribution is 7.80. The summed E-state index contributed by atoms with van der Waals surface area (Å²) in [5.74, 6) is -2.74. The summed E-state index contributed by atoms with van der Waals surface area (Å²) in [4.78, 5) is 41.4. The molecule has 10 heteroatoms. The highest BCUT2D eigenvalue weighted by Gasteiger charge is 2.31. The molecule has 0 radical (unpaired) electrons. The van der Waals surface area contributed by atoms with Crippen LogP contribution in [0.1, 0.15) is 17.3 Å². The zero-order valence-electron chi connectivity index (χ0n) is 13.5. The van der Waals surface area contributed by atoms with Crippen LogP contribution in [0, 0.1) is 5.92 Å². The molecule has 0 saturated carbocycles. The predicted octanol–water partition coefficient (Wildman–Crippen LogP) is 2.50. The molecule has 3 heterocycles. The second-order valence-corrected chi connectivity index (χ2v) is 7.30. The third-order valence-corrected chi connectivity index (χ3v) is 5.41. The van der Waals surface area contributed by atoms with E-state index in [1.54, 1.807) is 12.3 Å². The Bertz CT molecular complexity index is 882. The lowest BCUT2D eigenvalue weighted by Gasteiger charge is -2.19. The topological polar surface area (TPSA) is 96.9 Å². The first-order chi connectivity index (χ1) is 12.5. The fraction of sp³-hybridized carbons (Fsp3) is 0.188. The molecule has 0 bridgehead atoms. The number of hydrogen-bond donors (Lipinski definition) is 2. The number of esters is 1. The Hall–Kier alpha value is -2.43. The van der Waals surface area contributed by atoms with E-state index in [-0.39, 0.29) is 11.7 Å². The van der Waals surface area contributed by atoms with Crippen molar-refractivity contribution in [2.45, 2.75) is 6.92 Å². The van der Waals surface area contributed by atoms with Gasteiger partial charge in [0.25, 0.3) is 0 Å². The van der Waals surface area contributed by atoms with Gasteiger partial charge in [-0.1, -0.05) is 6.07 Å². The smallest absolute Gasteiger partial charge is 0.341 e. The van der Waals surface area contributed by atoms with Crippen LogP contribution in [0.5, 0.6) is 0 Å². The van der Waals surface area contributed by atoms with Gasteiger partial charge in [-0.05, 0) is 30.6 Å². The number of nitrogens with one attached hydrogen (secondary N) is 2. The summed E-state index contributed by atoms with van der Waals surface area (Å²) in [5.41, 5.74) is 1.04. The van der Waals surface area contributed by atoms with Crippen LogP contribution in [0.15, 0.2) is 27.9 Å². The minimum absolute atomic E-state index is 0.0343. The quantitative estimate of drug-likeness (QED) is 0.344. The largest absolute Gasteiger partial charge is 0.462 e. The third kappa shape index (κ3) is 3.71. The second-order valence-electron chi connectivity index (χ2n) is 5.09. The summed E-state index contributed by atoms with van der Waals surface area (Å²) in [6, 6.07) is 3.78. The maximum Gasteiger partial charge on any atom is 0.341 e. The molecule has 2 aromatic rings. The Morgan fingerprint density at radius 2 is 2.08 bits per heavy atom. The van der Waals surface area contributed by atoms with Crippen molar-refractivity contribution in [3.63, 3.8) is 0 Å². The molecule has 26 heavy (non-hydrogen) atoms. The van der Waals surface area contributed by atoms with Crippen molar-refractivity contribution in [1.29, 1.82) is 0 Å². The Balaban J connectivity index is 1.95. The maximum atomic E-state index is 12.4. The normalized spacial score (nSPS) is 15.2. The van der Waals surface area contributed by atoms with E-state index in [9.17, 15) is 14.4 Å². The lowest BCUT2D eigenvalue weighted by molar-refractivity contribution is -0.131. The van der Waals surface area contributed by atoms with Crippen molar-refractivity contribution in [2.75, 3.05) is 6.61 Å². The Morgan fingerprint density at radius 3 is 2.69 bits per heavy atom. The molecule has 3 rings (SSSR count). The molecule has 0 aliphatic carbocycles. The van der Waals surface area contributed by atoms with Crippen LogP contribution in [-0.2, 0) is 14.3 Å². The van der Waals surface area contributed by atoms with Gasteiger partial charge in [0.15, 0.2) is 11.0 Å². The molecule has 2 N–H and O–H groups in total. The number of carbonyl (C=O) groups is 3. The summed E-state index contributed by atoms with van der Waals surface area (Å²) in [6.45, 7) is 1.95. The summed E-state index contributed by atoms with van der Waals surface area (Å²) >= 11 is 7.49. The lowest BCUT2D eigenvalue weighted by Crippen LogP contribution is -2.56. The highest BCUT2D eigenvalue weighted by atomic mass is 32.1. The van der Waals surface area contributed by atoms with E-state index in [0.717, 1.165) is 4.88 Å². The average Bonchev–Trinajstić information content (AvgIpc) is 3.23. The van der Waals surface area contributed by atoms with Gasteiger partial charge in [-0.15, -0.1) is 22.7 Å². The highest BCUT2D eigenvalue weighted by Crippen LogP contribution is 2.39. The number of rotatable bonds is 5. The van der Waals surface area contributed by atoms with E-state index in [1.807, 2.05) is 17.5 Å². The lowest BCUT2D eigenvalue weighted by atomic mass is 10.1. The molecular weight excluding hydrogens is 394 g/mol. The van der Waals surface area contributed by atoms with Crippen molar-refractivity contribution in [3.05, 3.63) is 28.5 Å². The van der Waals surface area contributed by atoms with Gasteiger partial charge >= 0.3 is 5.97 Å². The van der Waals surface area contributed by atoms with Gasteiger partial charge in [0, 0.05) is 22.0 Å². The number of aliphatic imine (C=N–C) groups is 1. The summed E-state index contributed by atoms with van der Waals surface area (Å²) < 4.78 is 5.14. The van der Waals surface area contributed by atoms with Crippen molar-refractivity contribution < 1.29 is 19.1 Å². The molecule has 1 aliphatic rings. The molecule has 0 atom stereocenters. The predicted molar refractivity (Wildman–Crippen MR) is 104 cm³/mol. The Labute approximate surface area is 162 Å². The van der Waals surface area contributed by atoms with Gasteiger partial charge in [-0.3, -0.25) is 9.59 Å². The van der Waals surface area contributed by atoms with Crippen LogP contribution in [0.2, 0.25) is 0 Å². The van der Waals surface area contributed by atoms with Crippen molar-refractivity contribution >= 4 is 69.0 Å². The fourth-order valence-corrected chi connectivity index (χ4v) is 4.20. The van der Waals surface area contributed by atoms with Crippen LogP contribution < -0.4 is 10.6 Å². The minimum Gasteiger partial charge on any atom is -0.462 e. The molecule has 0 unspecified atom stereocenters. The van der Waals surface area contributed by atoms with E-state index in [0.29, 0.717) is 16.1 Å². The van der Waals surface area contributed by atoms with Gasteiger partial charge in [-0.2, -0.15) is 0 Å². The number of thiophene rings is 2. The van der Waals surface area contributed by atoms with E-state index >= 15 is 0 Å². The van der Waals surface area contributed by atoms with E-state index in [1.165, 1.54) is 28.9 Å². The van der Waals surface area contributed by atoms with Gasteiger partial charge in [0.05, 0.1) is 6.61 Å². The SMILES string of the molecule is CCOC(=O)c1c(-c2cccs2)csc1N=CC1C(=O)NC(=S)NC1=O. The number of hydrogen-bond acceptors (Lipinski definition) is 8. The van der Waals surface area contributed by atoms with Crippen molar-refractivity contribution in [3.8, 4) is 10.4 Å². The van der Waals surface area contributed by atoms with E-state index < -0.39 is 23.7 Å². The van der Waals surface area contributed by atoms with Gasteiger partial charge in [0.2, 0.25) is 11.8 Å². The fourth-order valence-electron chi connectivity index (χ4n) is 2.26. The monoisotopic (exact) mass is 407 g/mol. The molecule has 2 aromatic heterocycles. The van der Waals surface area contributed by atoms with Crippen molar-refractivity contribution in [2.24, 2.45) is 10.9 Å². The molecular formula is C16H13N3O4S3. The molecule has 0 aromatic carbocycles. The van der Waals surface area contributed by atoms with E-state index in [4.69, 9.17) is 17.0 Å². The molecule has 7 nitrogen and oxygen atoms in total. The Morgan fingerprint density at radius 1 is 1.35 bits per heavy atom. The minimum atomic E-state index is -1.12. The number of ether oxygens (including phenoxy) is 1. The number of amides is 2. The maximum absolute atomic E-state index is 12.4. The number of thiocarbonyl (C=S) groups is 1. The van der Waals surface area contributed by atoms with Crippen LogP contribution in [0.3, 0.4) is 0 Å². The van der Waals surface area contributed by atoms with Crippen LogP contribution >= 0.6 is 34.9 Å². The van der Waals surface area contributed by atoms with Gasteiger partial charge in [0.1, 0.15) is 10.6 Å². The summed E-state index contributed by atoms with van der Waals surface area (Å²) in [7, 11) is 0. The summed E-state index contributed by atoms with van der Waals surface area (Å²) in [5, 5.41) is 8.78. The number of carbonyl (C=O) groups excluding carboxylic acids is 3. The first-order valence-electron chi connectivity index (χ1n) is 7.53. The average molecular weight is 407 g/mol. The molecule has 1 saturated heterocycles. The van der Waals surface area contributed by atoms with Crippen LogP contribution in [-0.4, -0.2) is 35.7 Å². The molecule has 0 spiro atoms. The first kappa shape index (κ1) is 18.4. The van der Waals surface area contributed by atoms with Crippen LogP contribution in [0.25, 0.3) is 10.4 Å². The van der Waals surface area contributed by atoms with E-state index in [2.05, 4.69) is 15.6 Å². The summed E-state index contributed by atoms with van der Waals surface area (Å²) in [6.07, 6.45) is 1.21. The van der Waals surface area contributed by atoms with Gasteiger partial charge < -0.3 is 15.4 Å². The molecule has 2 amide bonds. The molecule has 1 aliphatic heterocycles. The first-order valence-corrected chi connectivity index (χ1v) is 9.70. The van der Waals surface area contributed by atoms with Crippen LogP contribution in [0.4, 0.5) is 5.00 Å².